The fourth-order valence-electron chi connectivity index (χ4n) is 2.25. The Morgan fingerprint density at radius 1 is 1.04 bits per heavy atom. The third-order valence-electron chi connectivity index (χ3n) is 3.74. The molecule has 0 atom stereocenters. The zero-order valence-electron chi connectivity index (χ0n) is 14.4. The van der Waals surface area contributed by atoms with Gasteiger partial charge in [-0.1, -0.05) is 45.0 Å². The Balaban J connectivity index is 1.72. The molecular weight excluding hydrogens is 305 g/mol. The summed E-state index contributed by atoms with van der Waals surface area (Å²) in [6.45, 7) is 6.93. The summed E-state index contributed by atoms with van der Waals surface area (Å²) in [4.78, 5) is 11.8. The molecule has 24 heavy (non-hydrogen) atoms. The summed E-state index contributed by atoms with van der Waals surface area (Å²) in [6.07, 6.45) is 0.659. The highest BCUT2D eigenvalue weighted by Gasteiger charge is 2.13. The number of carbonyl (C=O) groups excluding carboxylic acids is 1. The molecule has 3 nitrogen and oxygen atoms in total. The Kier molecular flexibility index (Phi) is 5.96. The zero-order chi connectivity index (χ0) is 17.6. The fraction of sp³-hybridized carbons (Fsp3) is 0.350. The van der Waals surface area contributed by atoms with Crippen LogP contribution in [0.4, 0.5) is 4.39 Å². The van der Waals surface area contributed by atoms with Crippen LogP contribution < -0.4 is 10.1 Å². The molecule has 0 saturated heterocycles. The van der Waals surface area contributed by atoms with Gasteiger partial charge in [-0.25, -0.2) is 4.39 Å². The van der Waals surface area contributed by atoms with E-state index in [2.05, 4.69) is 26.1 Å². The van der Waals surface area contributed by atoms with Gasteiger partial charge >= 0.3 is 0 Å². The largest absolute Gasteiger partial charge is 0.484 e. The van der Waals surface area contributed by atoms with E-state index < -0.39 is 0 Å². The predicted octanol–water partition coefficient (Wildman–Crippen LogP) is 3.86. The number of benzene rings is 2. The van der Waals surface area contributed by atoms with Crippen LogP contribution in [0.2, 0.25) is 0 Å². The van der Waals surface area contributed by atoms with Crippen molar-refractivity contribution in [2.75, 3.05) is 13.2 Å². The van der Waals surface area contributed by atoms with Crippen molar-refractivity contribution in [3.05, 3.63) is 65.5 Å². The summed E-state index contributed by atoms with van der Waals surface area (Å²) in [7, 11) is 0. The van der Waals surface area contributed by atoms with Gasteiger partial charge < -0.3 is 10.1 Å². The first-order valence-corrected chi connectivity index (χ1v) is 8.09. The molecule has 0 aliphatic rings. The number of nitrogens with one attached hydrogen (secondary N) is 1. The van der Waals surface area contributed by atoms with Gasteiger partial charge in [-0.3, -0.25) is 4.79 Å². The van der Waals surface area contributed by atoms with Crippen LogP contribution in [0.3, 0.4) is 0 Å². The Morgan fingerprint density at radius 2 is 1.67 bits per heavy atom. The van der Waals surface area contributed by atoms with Crippen LogP contribution in [0.1, 0.15) is 31.9 Å². The van der Waals surface area contributed by atoms with E-state index in [9.17, 15) is 9.18 Å². The van der Waals surface area contributed by atoms with Crippen molar-refractivity contribution >= 4 is 5.91 Å². The minimum absolute atomic E-state index is 0.0156. The molecule has 1 N–H and O–H groups in total. The monoisotopic (exact) mass is 329 g/mol. The molecule has 1 amide bonds. The molecule has 0 heterocycles. The number of ether oxygens (including phenoxy) is 1. The van der Waals surface area contributed by atoms with E-state index >= 15 is 0 Å². The zero-order valence-corrected chi connectivity index (χ0v) is 14.4. The molecule has 0 fully saturated rings. The topological polar surface area (TPSA) is 38.3 Å². The number of hydrogen-bond acceptors (Lipinski definition) is 2. The molecule has 0 aliphatic heterocycles. The molecule has 0 saturated carbocycles. The average Bonchev–Trinajstić information content (AvgIpc) is 2.54. The fourth-order valence-corrected chi connectivity index (χ4v) is 2.25. The van der Waals surface area contributed by atoms with Crippen LogP contribution in [0, 0.1) is 5.82 Å². The van der Waals surface area contributed by atoms with Gasteiger partial charge in [0.25, 0.3) is 5.91 Å². The van der Waals surface area contributed by atoms with E-state index in [4.69, 9.17) is 4.74 Å². The lowest BCUT2D eigenvalue weighted by atomic mass is 9.87. The van der Waals surface area contributed by atoms with E-state index in [1.54, 1.807) is 12.1 Å². The third-order valence-corrected chi connectivity index (χ3v) is 3.74. The predicted molar refractivity (Wildman–Crippen MR) is 93.8 cm³/mol. The molecule has 128 valence electrons. The molecule has 0 aromatic heterocycles. The van der Waals surface area contributed by atoms with Crippen molar-refractivity contribution in [3.8, 4) is 5.75 Å². The molecule has 0 unspecified atom stereocenters. The van der Waals surface area contributed by atoms with Crippen molar-refractivity contribution in [1.29, 1.82) is 0 Å². The van der Waals surface area contributed by atoms with Gasteiger partial charge in [0.05, 0.1) is 0 Å². The maximum Gasteiger partial charge on any atom is 0.257 e. The summed E-state index contributed by atoms with van der Waals surface area (Å²) in [6, 6.07) is 14.1. The highest BCUT2D eigenvalue weighted by molar-refractivity contribution is 5.77. The minimum atomic E-state index is -0.256. The van der Waals surface area contributed by atoms with Crippen molar-refractivity contribution in [3.63, 3.8) is 0 Å². The van der Waals surface area contributed by atoms with Crippen LogP contribution in [0.5, 0.6) is 5.75 Å². The molecule has 0 spiro atoms. The van der Waals surface area contributed by atoms with Gasteiger partial charge in [-0.15, -0.1) is 0 Å². The standard InChI is InChI=1S/C20H24FNO2/c1-20(2,3)16-6-10-18(11-7-16)24-14-19(23)22-13-12-15-4-8-17(21)9-5-15/h4-11H,12-14H2,1-3H3,(H,22,23). The summed E-state index contributed by atoms with van der Waals surface area (Å²) < 4.78 is 18.3. The first kappa shape index (κ1) is 18.0. The maximum absolute atomic E-state index is 12.8. The molecule has 2 rings (SSSR count). The van der Waals surface area contributed by atoms with Crippen molar-refractivity contribution in [1.82, 2.24) is 5.32 Å². The maximum atomic E-state index is 12.8. The van der Waals surface area contributed by atoms with Crippen molar-refractivity contribution < 1.29 is 13.9 Å². The van der Waals surface area contributed by atoms with Crippen LogP contribution in [-0.2, 0) is 16.6 Å². The van der Waals surface area contributed by atoms with Gasteiger partial charge in [0.15, 0.2) is 6.61 Å². The van der Waals surface area contributed by atoms with Crippen molar-refractivity contribution in [2.24, 2.45) is 0 Å². The van der Waals surface area contributed by atoms with Gasteiger partial charge in [-0.2, -0.15) is 0 Å². The lowest BCUT2D eigenvalue weighted by Gasteiger charge is -2.19. The van der Waals surface area contributed by atoms with Gasteiger partial charge in [0.2, 0.25) is 0 Å². The van der Waals surface area contributed by atoms with E-state index in [0.717, 1.165) is 5.56 Å². The smallest absolute Gasteiger partial charge is 0.257 e. The molecule has 0 radical (unpaired) electrons. The number of hydrogen-bond donors (Lipinski definition) is 1. The summed E-state index contributed by atoms with van der Waals surface area (Å²) in [5, 5.41) is 2.79. The Morgan fingerprint density at radius 3 is 2.25 bits per heavy atom. The Labute approximate surface area is 142 Å². The summed E-state index contributed by atoms with van der Waals surface area (Å²) in [5.74, 6) is 0.252. The number of halogens is 1. The molecule has 0 bridgehead atoms. The highest BCUT2D eigenvalue weighted by atomic mass is 19.1. The summed E-state index contributed by atoms with van der Waals surface area (Å²) in [5.41, 5.74) is 2.30. The molecule has 2 aromatic rings. The lowest BCUT2D eigenvalue weighted by Crippen LogP contribution is -2.30. The normalized spacial score (nSPS) is 11.2. The van der Waals surface area contributed by atoms with Crippen LogP contribution >= 0.6 is 0 Å². The Bertz CT molecular complexity index is 658. The second kappa shape index (κ2) is 7.95. The van der Waals surface area contributed by atoms with E-state index in [1.807, 2.05) is 24.3 Å². The second-order valence-corrected chi connectivity index (χ2v) is 6.79. The van der Waals surface area contributed by atoms with Gasteiger partial charge in [0.1, 0.15) is 11.6 Å². The molecule has 4 heteroatoms. The quantitative estimate of drug-likeness (QED) is 0.874. The first-order valence-electron chi connectivity index (χ1n) is 8.09. The number of amides is 1. The molecule has 2 aromatic carbocycles. The van der Waals surface area contributed by atoms with E-state index in [1.165, 1.54) is 17.7 Å². The molecular formula is C20H24FNO2. The van der Waals surface area contributed by atoms with E-state index in [0.29, 0.717) is 18.7 Å². The van der Waals surface area contributed by atoms with Gasteiger partial charge in [-0.05, 0) is 47.2 Å². The minimum Gasteiger partial charge on any atom is -0.484 e. The van der Waals surface area contributed by atoms with Crippen LogP contribution in [-0.4, -0.2) is 19.1 Å². The van der Waals surface area contributed by atoms with Crippen LogP contribution in [0.25, 0.3) is 0 Å². The van der Waals surface area contributed by atoms with Crippen LogP contribution in [0.15, 0.2) is 48.5 Å². The third kappa shape index (κ3) is 5.69. The van der Waals surface area contributed by atoms with E-state index in [-0.39, 0.29) is 23.7 Å². The molecule has 0 aliphatic carbocycles. The number of rotatable bonds is 6. The van der Waals surface area contributed by atoms with Gasteiger partial charge in [0, 0.05) is 6.54 Å². The SMILES string of the molecule is CC(C)(C)c1ccc(OCC(=O)NCCc2ccc(F)cc2)cc1. The van der Waals surface area contributed by atoms with Crippen molar-refractivity contribution in [2.45, 2.75) is 32.6 Å². The summed E-state index contributed by atoms with van der Waals surface area (Å²) >= 11 is 0. The number of carbonyl (C=O) groups is 1. The average molecular weight is 329 g/mol. The first-order chi connectivity index (χ1) is 11.3. The second-order valence-electron chi connectivity index (χ2n) is 6.79. The highest BCUT2D eigenvalue weighted by Crippen LogP contribution is 2.24. The Hall–Kier alpha value is -2.36. The lowest BCUT2D eigenvalue weighted by molar-refractivity contribution is -0.123.